The molecule has 24 heavy (non-hydrogen) atoms. The van der Waals surface area contributed by atoms with E-state index in [1.807, 2.05) is 27.7 Å². The summed E-state index contributed by atoms with van der Waals surface area (Å²) in [7, 11) is 0. The molecular weight excluding hydrogens is 306 g/mol. The molecule has 0 radical (unpaired) electrons. The summed E-state index contributed by atoms with van der Waals surface area (Å²) in [5.74, 6) is -1.11. The highest BCUT2D eigenvalue weighted by Gasteiger charge is 2.24. The Kier molecular flexibility index (Phi) is 17.7. The van der Waals surface area contributed by atoms with Gasteiger partial charge in [-0.3, -0.25) is 0 Å². The molecule has 0 rings (SSSR count). The van der Waals surface area contributed by atoms with Gasteiger partial charge in [-0.25, -0.2) is 9.59 Å². The average Bonchev–Trinajstić information content (AvgIpc) is 2.52. The fourth-order valence-corrected chi connectivity index (χ4v) is 1.36. The van der Waals surface area contributed by atoms with Crippen LogP contribution in [0.5, 0.6) is 0 Å². The zero-order chi connectivity index (χ0) is 19.8. The zero-order valence-corrected chi connectivity index (χ0v) is 16.5. The van der Waals surface area contributed by atoms with E-state index in [1.165, 1.54) is 0 Å². The molecule has 0 aromatic carbocycles. The smallest absolute Gasteiger partial charge is 0.408 e. The summed E-state index contributed by atoms with van der Waals surface area (Å²) < 4.78 is 5.05. The summed E-state index contributed by atoms with van der Waals surface area (Å²) in [6.07, 6.45) is 6.28. The fourth-order valence-electron chi connectivity index (χ4n) is 1.36. The second-order valence-electron chi connectivity index (χ2n) is 5.20. The summed E-state index contributed by atoms with van der Waals surface area (Å²) in [4.78, 5) is 22.8. The maximum Gasteiger partial charge on any atom is 0.408 e. The second kappa shape index (κ2) is 15.8. The van der Waals surface area contributed by atoms with E-state index in [4.69, 9.17) is 9.84 Å². The summed E-state index contributed by atoms with van der Waals surface area (Å²) in [5.41, 5.74) is 0.118. The van der Waals surface area contributed by atoms with E-state index < -0.39 is 23.7 Å². The predicted molar refractivity (Wildman–Crippen MR) is 101 cm³/mol. The zero-order valence-electron chi connectivity index (χ0n) is 16.5. The highest BCUT2D eigenvalue weighted by molar-refractivity contribution is 5.80. The number of alkyl carbamates (subject to hydrolysis) is 1. The molecule has 2 N–H and O–H groups in total. The third kappa shape index (κ3) is 16.3. The number of amides is 1. The molecule has 0 heterocycles. The molecule has 0 saturated heterocycles. The van der Waals surface area contributed by atoms with Crippen molar-refractivity contribution in [2.75, 3.05) is 0 Å². The molecule has 0 aliphatic heterocycles. The number of carbonyl (C=O) groups is 2. The normalized spacial score (nSPS) is 12.1. The lowest BCUT2D eigenvalue weighted by molar-refractivity contribution is -0.139. The molecule has 0 bridgehead atoms. The Balaban J connectivity index is -0.00000102. The average molecular weight is 341 g/mol. The van der Waals surface area contributed by atoms with E-state index in [9.17, 15) is 9.59 Å². The van der Waals surface area contributed by atoms with Gasteiger partial charge in [-0.05, 0) is 33.3 Å². The number of rotatable bonds is 6. The van der Waals surface area contributed by atoms with E-state index >= 15 is 0 Å². The van der Waals surface area contributed by atoms with Gasteiger partial charge in [-0.2, -0.15) is 0 Å². The molecule has 0 aliphatic carbocycles. The van der Waals surface area contributed by atoms with Crippen LogP contribution in [0.15, 0.2) is 36.5 Å². The van der Waals surface area contributed by atoms with Gasteiger partial charge in [0.15, 0.2) is 0 Å². The number of hydrogen-bond donors (Lipinski definition) is 2. The van der Waals surface area contributed by atoms with Crippen LogP contribution >= 0.6 is 0 Å². The van der Waals surface area contributed by atoms with Crippen molar-refractivity contribution in [2.24, 2.45) is 0 Å². The Morgan fingerprint density at radius 3 is 2.04 bits per heavy atom. The van der Waals surface area contributed by atoms with Crippen LogP contribution in [0.1, 0.15) is 61.8 Å². The SMILES string of the molecule is C=C/C=C\C(=C/C)CC(NC(=O)OC(C)(C)C)C(=O)O.CC.CC. The topological polar surface area (TPSA) is 75.6 Å². The molecule has 140 valence electrons. The monoisotopic (exact) mass is 341 g/mol. The number of aliphatic carboxylic acids is 1. The number of ether oxygens (including phenoxy) is 1. The summed E-state index contributed by atoms with van der Waals surface area (Å²) in [6.45, 7) is 18.5. The van der Waals surface area contributed by atoms with Crippen LogP contribution in [0.25, 0.3) is 0 Å². The molecule has 0 aromatic rings. The fraction of sp³-hybridized carbons (Fsp3) is 0.579. The van der Waals surface area contributed by atoms with E-state index in [0.29, 0.717) is 0 Å². The summed E-state index contributed by atoms with van der Waals surface area (Å²) >= 11 is 0. The van der Waals surface area contributed by atoms with Crippen LogP contribution < -0.4 is 5.32 Å². The largest absolute Gasteiger partial charge is 0.480 e. The first-order valence-electron chi connectivity index (χ1n) is 8.36. The highest BCUT2D eigenvalue weighted by atomic mass is 16.6. The molecule has 5 nitrogen and oxygen atoms in total. The Hall–Kier alpha value is -2.04. The quantitative estimate of drug-likeness (QED) is 0.659. The van der Waals surface area contributed by atoms with Crippen molar-refractivity contribution < 1.29 is 19.4 Å². The van der Waals surface area contributed by atoms with Crippen molar-refractivity contribution in [3.05, 3.63) is 36.5 Å². The molecule has 0 aliphatic rings. The van der Waals surface area contributed by atoms with Gasteiger partial charge in [0.25, 0.3) is 0 Å². The second-order valence-corrected chi connectivity index (χ2v) is 5.20. The van der Waals surface area contributed by atoms with Crippen molar-refractivity contribution in [1.82, 2.24) is 5.32 Å². The molecule has 5 heteroatoms. The lowest BCUT2D eigenvalue weighted by Gasteiger charge is -2.22. The van der Waals surface area contributed by atoms with Gasteiger partial charge in [0.1, 0.15) is 11.6 Å². The highest BCUT2D eigenvalue weighted by Crippen LogP contribution is 2.11. The van der Waals surface area contributed by atoms with Crippen LogP contribution in [0, 0.1) is 0 Å². The maximum absolute atomic E-state index is 11.6. The Morgan fingerprint density at radius 2 is 1.71 bits per heavy atom. The number of carbonyl (C=O) groups excluding carboxylic acids is 1. The van der Waals surface area contributed by atoms with Crippen LogP contribution in [0.4, 0.5) is 4.79 Å². The van der Waals surface area contributed by atoms with Crippen LogP contribution in [0.2, 0.25) is 0 Å². The molecule has 1 atom stereocenters. The minimum absolute atomic E-state index is 0.176. The first-order valence-corrected chi connectivity index (χ1v) is 8.36. The summed E-state index contributed by atoms with van der Waals surface area (Å²) in [5, 5.41) is 11.5. The van der Waals surface area contributed by atoms with Crippen molar-refractivity contribution in [1.29, 1.82) is 0 Å². The Labute approximate surface area is 147 Å². The number of carboxylic acid groups (broad SMARTS) is 1. The third-order valence-electron chi connectivity index (χ3n) is 2.25. The van der Waals surface area contributed by atoms with Crippen molar-refractivity contribution in [3.8, 4) is 0 Å². The lowest BCUT2D eigenvalue weighted by Crippen LogP contribution is -2.43. The molecule has 1 unspecified atom stereocenters. The minimum Gasteiger partial charge on any atom is -0.480 e. The molecular formula is C19H35NO4. The van der Waals surface area contributed by atoms with E-state index in [2.05, 4.69) is 11.9 Å². The van der Waals surface area contributed by atoms with Gasteiger partial charge < -0.3 is 15.2 Å². The Morgan fingerprint density at radius 1 is 1.21 bits per heavy atom. The summed E-state index contributed by atoms with van der Waals surface area (Å²) in [6, 6.07) is -1.04. The Bertz CT molecular complexity index is 418. The predicted octanol–water partition coefficient (Wildman–Crippen LogP) is 5.10. The number of allylic oxidation sites excluding steroid dienone is 4. The molecule has 0 saturated carbocycles. The third-order valence-corrected chi connectivity index (χ3v) is 2.25. The standard InChI is InChI=1S/C15H23NO4.2C2H6/c1-6-8-9-11(7-2)10-12(13(17)18)16-14(19)20-15(3,4)5;2*1-2/h6-9,12H,1,10H2,2-5H3,(H,16,19)(H,17,18);2*1-2H3/b9-8-,11-7+;;. The van der Waals surface area contributed by atoms with Crippen molar-refractivity contribution in [3.63, 3.8) is 0 Å². The van der Waals surface area contributed by atoms with Gasteiger partial charge in [0.05, 0.1) is 0 Å². The van der Waals surface area contributed by atoms with Gasteiger partial charge >= 0.3 is 12.1 Å². The van der Waals surface area contributed by atoms with Crippen molar-refractivity contribution in [2.45, 2.75) is 73.5 Å². The molecule has 0 aromatic heterocycles. The van der Waals surface area contributed by atoms with Crippen molar-refractivity contribution >= 4 is 12.1 Å². The van der Waals surface area contributed by atoms with Crippen LogP contribution in [-0.4, -0.2) is 28.8 Å². The van der Waals surface area contributed by atoms with E-state index in [1.54, 1.807) is 52.0 Å². The van der Waals surface area contributed by atoms with Gasteiger partial charge in [0.2, 0.25) is 0 Å². The molecule has 1 amide bonds. The number of carboxylic acids is 1. The van der Waals surface area contributed by atoms with Gasteiger partial charge in [0, 0.05) is 6.42 Å². The number of nitrogens with one attached hydrogen (secondary N) is 1. The molecule has 0 spiro atoms. The van der Waals surface area contributed by atoms with E-state index in [-0.39, 0.29) is 6.42 Å². The number of hydrogen-bond acceptors (Lipinski definition) is 3. The minimum atomic E-state index is -1.11. The first-order chi connectivity index (χ1) is 11.2. The molecule has 0 fully saturated rings. The first kappa shape index (κ1) is 26.8. The van der Waals surface area contributed by atoms with Crippen LogP contribution in [-0.2, 0) is 9.53 Å². The maximum atomic E-state index is 11.6. The van der Waals surface area contributed by atoms with Gasteiger partial charge in [-0.15, -0.1) is 0 Å². The van der Waals surface area contributed by atoms with Crippen LogP contribution in [0.3, 0.4) is 0 Å². The lowest BCUT2D eigenvalue weighted by atomic mass is 10.1. The van der Waals surface area contributed by atoms with E-state index in [0.717, 1.165) is 5.57 Å². The van der Waals surface area contributed by atoms with Gasteiger partial charge in [-0.1, -0.05) is 58.6 Å².